The first-order valence-electron chi connectivity index (χ1n) is 4.90. The SMILES string of the molecule is CCCNS(=O)(=O)NC(C)CC(C)N. The second-order valence-electron chi connectivity index (χ2n) is 3.63. The Kier molecular flexibility index (Phi) is 6.26. The highest BCUT2D eigenvalue weighted by Gasteiger charge is 2.13. The van der Waals surface area contributed by atoms with E-state index in [9.17, 15) is 8.42 Å². The molecule has 4 N–H and O–H groups in total. The first-order chi connectivity index (χ1) is 6.37. The molecule has 0 radical (unpaired) electrons. The molecule has 6 heteroatoms. The standard InChI is InChI=1S/C8H21N3O2S/c1-4-5-10-14(12,13)11-8(3)6-7(2)9/h7-8,10-11H,4-6,9H2,1-3H3. The van der Waals surface area contributed by atoms with E-state index in [1.807, 2.05) is 13.8 Å². The largest absolute Gasteiger partial charge is 0.328 e. The zero-order chi connectivity index (χ0) is 11.2. The van der Waals surface area contributed by atoms with Crippen LogP contribution in [-0.2, 0) is 10.2 Å². The summed E-state index contributed by atoms with van der Waals surface area (Å²) in [7, 11) is -3.34. The third-order valence-corrected chi connectivity index (χ3v) is 2.92. The molecule has 0 saturated heterocycles. The molecule has 2 unspecified atom stereocenters. The van der Waals surface area contributed by atoms with E-state index in [4.69, 9.17) is 5.73 Å². The molecule has 0 aliphatic rings. The molecule has 0 fully saturated rings. The maximum atomic E-state index is 11.3. The summed E-state index contributed by atoms with van der Waals surface area (Å²) in [6.07, 6.45) is 1.41. The number of nitrogens with one attached hydrogen (secondary N) is 2. The number of nitrogens with two attached hydrogens (primary N) is 1. The van der Waals surface area contributed by atoms with Gasteiger partial charge in [0.05, 0.1) is 0 Å². The summed E-state index contributed by atoms with van der Waals surface area (Å²) >= 11 is 0. The minimum atomic E-state index is -3.34. The Morgan fingerprint density at radius 2 is 1.93 bits per heavy atom. The molecule has 0 aliphatic heterocycles. The highest BCUT2D eigenvalue weighted by molar-refractivity contribution is 7.87. The monoisotopic (exact) mass is 223 g/mol. The number of hydrogen-bond acceptors (Lipinski definition) is 3. The molecular weight excluding hydrogens is 202 g/mol. The van der Waals surface area contributed by atoms with Gasteiger partial charge in [-0.15, -0.1) is 0 Å². The van der Waals surface area contributed by atoms with E-state index >= 15 is 0 Å². The Hall–Kier alpha value is -0.170. The molecule has 0 aromatic heterocycles. The van der Waals surface area contributed by atoms with Crippen molar-refractivity contribution in [2.45, 2.75) is 45.7 Å². The van der Waals surface area contributed by atoms with E-state index in [0.717, 1.165) is 6.42 Å². The molecule has 0 bridgehead atoms. The maximum absolute atomic E-state index is 11.3. The first-order valence-corrected chi connectivity index (χ1v) is 6.38. The highest BCUT2D eigenvalue weighted by atomic mass is 32.2. The molecule has 0 spiro atoms. The van der Waals surface area contributed by atoms with Crippen LogP contribution in [0.4, 0.5) is 0 Å². The smallest absolute Gasteiger partial charge is 0.277 e. The highest BCUT2D eigenvalue weighted by Crippen LogP contribution is 1.95. The van der Waals surface area contributed by atoms with Crippen LogP contribution in [0.3, 0.4) is 0 Å². The van der Waals surface area contributed by atoms with Crippen LogP contribution < -0.4 is 15.2 Å². The predicted molar refractivity (Wildman–Crippen MR) is 58.1 cm³/mol. The van der Waals surface area contributed by atoms with Crippen molar-refractivity contribution in [3.63, 3.8) is 0 Å². The summed E-state index contributed by atoms with van der Waals surface area (Å²) in [6, 6.07) is -0.136. The Balaban J connectivity index is 3.96. The molecule has 0 amide bonds. The molecule has 0 aromatic rings. The zero-order valence-electron chi connectivity index (χ0n) is 9.08. The molecule has 2 atom stereocenters. The molecule has 0 heterocycles. The second-order valence-corrected chi connectivity index (χ2v) is 5.16. The fraction of sp³-hybridized carbons (Fsp3) is 1.00. The Bertz CT molecular complexity index is 239. The third kappa shape index (κ3) is 7.25. The van der Waals surface area contributed by atoms with Crippen molar-refractivity contribution in [3.05, 3.63) is 0 Å². The van der Waals surface area contributed by atoms with Crippen LogP contribution in [0.15, 0.2) is 0 Å². The van der Waals surface area contributed by atoms with Crippen molar-refractivity contribution >= 4 is 10.2 Å². The van der Waals surface area contributed by atoms with Crippen molar-refractivity contribution in [3.8, 4) is 0 Å². The van der Waals surface area contributed by atoms with Gasteiger partial charge < -0.3 is 5.73 Å². The van der Waals surface area contributed by atoms with Crippen LogP contribution in [0, 0.1) is 0 Å². The van der Waals surface area contributed by atoms with Gasteiger partial charge in [0, 0.05) is 18.6 Å². The minimum absolute atomic E-state index is 0.00104. The summed E-state index contributed by atoms with van der Waals surface area (Å²) in [5, 5.41) is 0. The van der Waals surface area contributed by atoms with Gasteiger partial charge in [0.2, 0.25) is 0 Å². The van der Waals surface area contributed by atoms with E-state index in [-0.39, 0.29) is 12.1 Å². The number of hydrogen-bond donors (Lipinski definition) is 3. The van der Waals surface area contributed by atoms with E-state index in [2.05, 4.69) is 9.44 Å². The van der Waals surface area contributed by atoms with Crippen molar-refractivity contribution < 1.29 is 8.42 Å². The Labute approximate surface area is 86.6 Å². The van der Waals surface area contributed by atoms with Crippen molar-refractivity contribution in [1.29, 1.82) is 0 Å². The molecule has 0 aromatic carbocycles. The lowest BCUT2D eigenvalue weighted by atomic mass is 10.1. The lowest BCUT2D eigenvalue weighted by Crippen LogP contribution is -2.43. The van der Waals surface area contributed by atoms with E-state index in [1.54, 1.807) is 6.92 Å². The van der Waals surface area contributed by atoms with E-state index < -0.39 is 10.2 Å². The van der Waals surface area contributed by atoms with Crippen LogP contribution in [0.25, 0.3) is 0 Å². The second kappa shape index (κ2) is 6.34. The van der Waals surface area contributed by atoms with Crippen molar-refractivity contribution in [2.75, 3.05) is 6.54 Å². The van der Waals surface area contributed by atoms with E-state index in [1.165, 1.54) is 0 Å². The summed E-state index contributed by atoms with van der Waals surface area (Å²) in [5.41, 5.74) is 5.56. The fourth-order valence-electron chi connectivity index (χ4n) is 1.15. The molecule has 86 valence electrons. The van der Waals surface area contributed by atoms with Crippen molar-refractivity contribution in [2.24, 2.45) is 5.73 Å². The lowest BCUT2D eigenvalue weighted by molar-refractivity contribution is 0.511. The number of rotatable bonds is 7. The third-order valence-electron chi connectivity index (χ3n) is 1.62. The average molecular weight is 223 g/mol. The van der Waals surface area contributed by atoms with Crippen LogP contribution in [0.5, 0.6) is 0 Å². The zero-order valence-corrected chi connectivity index (χ0v) is 9.89. The van der Waals surface area contributed by atoms with Crippen LogP contribution in [0.2, 0.25) is 0 Å². The van der Waals surface area contributed by atoms with Gasteiger partial charge in [0.25, 0.3) is 10.2 Å². The molecule has 5 nitrogen and oxygen atoms in total. The van der Waals surface area contributed by atoms with Crippen LogP contribution in [-0.4, -0.2) is 27.0 Å². The topological polar surface area (TPSA) is 84.2 Å². The van der Waals surface area contributed by atoms with Gasteiger partial charge in [-0.1, -0.05) is 6.92 Å². The molecule has 14 heavy (non-hydrogen) atoms. The minimum Gasteiger partial charge on any atom is -0.328 e. The predicted octanol–water partition coefficient (Wildman–Crippen LogP) is -0.0538. The van der Waals surface area contributed by atoms with Crippen molar-refractivity contribution in [1.82, 2.24) is 9.44 Å². The van der Waals surface area contributed by atoms with Gasteiger partial charge >= 0.3 is 0 Å². The quantitative estimate of drug-likeness (QED) is 0.565. The summed E-state index contributed by atoms with van der Waals surface area (Å²) < 4.78 is 27.6. The normalized spacial score (nSPS) is 16.6. The van der Waals surface area contributed by atoms with Gasteiger partial charge in [0.15, 0.2) is 0 Å². The molecular formula is C8H21N3O2S. The van der Waals surface area contributed by atoms with E-state index in [0.29, 0.717) is 13.0 Å². The van der Waals surface area contributed by atoms with Crippen LogP contribution >= 0.6 is 0 Å². The lowest BCUT2D eigenvalue weighted by Gasteiger charge is -2.16. The van der Waals surface area contributed by atoms with Crippen LogP contribution in [0.1, 0.15) is 33.6 Å². The summed E-state index contributed by atoms with van der Waals surface area (Å²) in [5.74, 6) is 0. The Morgan fingerprint density at radius 3 is 2.36 bits per heavy atom. The van der Waals surface area contributed by atoms with Gasteiger partial charge in [-0.2, -0.15) is 13.1 Å². The van der Waals surface area contributed by atoms with Gasteiger partial charge in [0.1, 0.15) is 0 Å². The first kappa shape index (κ1) is 13.8. The summed E-state index contributed by atoms with van der Waals surface area (Å²) in [4.78, 5) is 0. The average Bonchev–Trinajstić information content (AvgIpc) is 1.98. The Morgan fingerprint density at radius 1 is 1.36 bits per heavy atom. The van der Waals surface area contributed by atoms with Gasteiger partial charge in [-0.25, -0.2) is 4.72 Å². The maximum Gasteiger partial charge on any atom is 0.277 e. The molecule has 0 rings (SSSR count). The molecule has 0 aliphatic carbocycles. The molecule has 0 saturated carbocycles. The summed E-state index contributed by atoms with van der Waals surface area (Å²) in [6.45, 7) is 6.02. The van der Waals surface area contributed by atoms with Gasteiger partial charge in [-0.3, -0.25) is 0 Å². The fourth-order valence-corrected chi connectivity index (χ4v) is 2.33. The van der Waals surface area contributed by atoms with Gasteiger partial charge in [-0.05, 0) is 26.7 Å².